The number of rotatable bonds is 9. The van der Waals surface area contributed by atoms with Crippen molar-refractivity contribution in [2.75, 3.05) is 26.2 Å². The second-order valence-electron chi connectivity index (χ2n) is 9.68. The minimum absolute atomic E-state index is 0.0527. The Hall–Kier alpha value is -3.55. The van der Waals surface area contributed by atoms with Crippen molar-refractivity contribution in [1.29, 1.82) is 0 Å². The van der Waals surface area contributed by atoms with E-state index in [1.807, 2.05) is 36.2 Å². The van der Waals surface area contributed by atoms with Gasteiger partial charge in [-0.25, -0.2) is 15.0 Å². The number of aliphatic hydroxyl groups is 1. The monoisotopic (exact) mass is 574 g/mol. The van der Waals surface area contributed by atoms with Crippen molar-refractivity contribution in [2.24, 2.45) is 0 Å². The van der Waals surface area contributed by atoms with Crippen LogP contribution in [-0.4, -0.2) is 70.7 Å². The van der Waals surface area contributed by atoms with Gasteiger partial charge in [-0.05, 0) is 24.5 Å². The van der Waals surface area contributed by atoms with E-state index in [1.54, 1.807) is 6.20 Å². The molecular weight excluding hydrogens is 545 g/mol. The molecule has 5 rings (SSSR count). The molecule has 4 aromatic rings. The van der Waals surface area contributed by atoms with Crippen LogP contribution in [0, 0.1) is 0 Å². The number of nitrogens with one attached hydrogen (secondary N) is 1. The molecule has 1 aromatic carbocycles. The minimum Gasteiger partial charge on any atom is -0.490 e. The molecular formula is C27H29F3N6O3S. The Labute approximate surface area is 233 Å². The molecule has 3 atom stereocenters. The molecule has 13 heteroatoms. The third-order valence-corrected chi connectivity index (χ3v) is 8.05. The van der Waals surface area contributed by atoms with Gasteiger partial charge in [0.05, 0.1) is 44.4 Å². The van der Waals surface area contributed by atoms with Gasteiger partial charge >= 0.3 is 6.18 Å². The Morgan fingerprint density at radius 3 is 2.58 bits per heavy atom. The zero-order chi connectivity index (χ0) is 28.4. The molecule has 2 N–H and O–H groups in total. The lowest BCUT2D eigenvalue weighted by Crippen LogP contribution is -2.38. The number of hydrogen-bond donors (Lipinski definition) is 2. The quantitative estimate of drug-likeness (QED) is 0.301. The lowest BCUT2D eigenvalue weighted by atomic mass is 10.1. The third-order valence-electron chi connectivity index (χ3n) is 7.00. The molecule has 3 aromatic heterocycles. The van der Waals surface area contributed by atoms with Gasteiger partial charge in [0.15, 0.2) is 11.6 Å². The number of anilines is 1. The number of fused-ring (bicyclic) bond motifs is 1. The highest BCUT2D eigenvalue weighted by Gasteiger charge is 2.37. The van der Waals surface area contributed by atoms with Crippen molar-refractivity contribution in [3.63, 3.8) is 0 Å². The first-order valence-electron chi connectivity index (χ1n) is 12.6. The highest BCUT2D eigenvalue weighted by molar-refractivity contribution is 7.18. The number of alkyl halides is 3. The van der Waals surface area contributed by atoms with Gasteiger partial charge in [-0.3, -0.25) is 0 Å². The first kappa shape index (κ1) is 28.0. The number of nitrogens with zero attached hydrogens (tertiary/aromatic N) is 5. The van der Waals surface area contributed by atoms with Crippen LogP contribution in [0.25, 0.3) is 21.6 Å². The lowest BCUT2D eigenvalue weighted by Gasteiger charge is -2.28. The Morgan fingerprint density at radius 1 is 1.10 bits per heavy atom. The first-order chi connectivity index (χ1) is 19.1. The molecule has 1 aliphatic rings. The number of methoxy groups -OCH3 is 2. The lowest BCUT2D eigenvalue weighted by molar-refractivity contribution is -0.126. The fourth-order valence-corrected chi connectivity index (χ4v) is 6.03. The van der Waals surface area contributed by atoms with Gasteiger partial charge < -0.3 is 24.8 Å². The number of hydrogen-bond acceptors (Lipinski definition) is 10. The summed E-state index contributed by atoms with van der Waals surface area (Å²) in [4.78, 5) is 19.8. The second kappa shape index (κ2) is 11.5. The molecule has 9 nitrogen and oxygen atoms in total. The summed E-state index contributed by atoms with van der Waals surface area (Å²) in [7, 11) is 4.87. The highest BCUT2D eigenvalue weighted by Crippen LogP contribution is 2.36. The van der Waals surface area contributed by atoms with Crippen LogP contribution >= 0.6 is 11.3 Å². The minimum atomic E-state index is -4.29. The summed E-state index contributed by atoms with van der Waals surface area (Å²) < 4.78 is 49.2. The van der Waals surface area contributed by atoms with Gasteiger partial charge in [0.2, 0.25) is 0 Å². The number of thiophene rings is 1. The van der Waals surface area contributed by atoms with Crippen LogP contribution in [0.15, 0.2) is 42.9 Å². The number of likely N-dealkylation sites (N-methyl/N-ethyl adjacent to an activating group) is 1. The zero-order valence-corrected chi connectivity index (χ0v) is 23.0. The average molecular weight is 575 g/mol. The van der Waals surface area contributed by atoms with Crippen LogP contribution in [-0.2, 0) is 13.0 Å². The van der Waals surface area contributed by atoms with E-state index in [9.17, 15) is 18.3 Å². The largest absolute Gasteiger partial charge is 0.490 e. The van der Waals surface area contributed by atoms with Crippen molar-refractivity contribution in [3.05, 3.63) is 53.3 Å². The van der Waals surface area contributed by atoms with Gasteiger partial charge in [0, 0.05) is 30.1 Å². The van der Waals surface area contributed by atoms with Crippen LogP contribution in [0.5, 0.6) is 11.6 Å². The molecule has 1 saturated carbocycles. The van der Waals surface area contributed by atoms with Crippen molar-refractivity contribution in [3.8, 4) is 23.0 Å². The Balaban J connectivity index is 1.22. The van der Waals surface area contributed by atoms with Crippen LogP contribution in [0.4, 0.5) is 19.0 Å². The summed E-state index contributed by atoms with van der Waals surface area (Å²) in [5, 5.41) is 14.9. The van der Waals surface area contributed by atoms with Crippen molar-refractivity contribution < 1.29 is 27.8 Å². The SMILES string of the molecule is COc1cnc(-c2ccc(CNC3CC(O)C(N(C)c4ncnc5sc(CC(F)(F)F)cc45)C3)cc2)nc1OC. The van der Waals surface area contributed by atoms with E-state index in [-0.39, 0.29) is 17.0 Å². The van der Waals surface area contributed by atoms with Crippen molar-refractivity contribution in [1.82, 2.24) is 25.3 Å². The maximum atomic E-state index is 12.9. The molecule has 212 valence electrons. The first-order valence-corrected chi connectivity index (χ1v) is 13.5. The standard InChI is InChI=1S/C27H29F3N6O3S/c1-36(24-19-10-18(11-27(28,29)30)40-26(19)34-14-33-24)20-8-17(9-21(20)37)31-12-15-4-6-16(7-5-15)23-32-13-22(38-2)25(35-23)39-3/h4-7,10,13-14,17,20-21,31,37H,8-9,11-12H2,1-3H3. The molecule has 40 heavy (non-hydrogen) atoms. The summed E-state index contributed by atoms with van der Waals surface area (Å²) in [6.45, 7) is 0.601. The Kier molecular flexibility index (Phi) is 8.06. The van der Waals surface area contributed by atoms with E-state index in [4.69, 9.17) is 9.47 Å². The second-order valence-corrected chi connectivity index (χ2v) is 10.8. The summed E-state index contributed by atoms with van der Waals surface area (Å²) in [5.74, 6) is 1.87. The third kappa shape index (κ3) is 6.11. The number of aliphatic hydroxyl groups excluding tert-OH is 1. The zero-order valence-electron chi connectivity index (χ0n) is 22.1. The van der Waals surface area contributed by atoms with Gasteiger partial charge in [-0.2, -0.15) is 18.2 Å². The summed E-state index contributed by atoms with van der Waals surface area (Å²) in [6.07, 6.45) is -1.79. The van der Waals surface area contributed by atoms with E-state index in [0.717, 1.165) is 22.5 Å². The maximum Gasteiger partial charge on any atom is 0.393 e. The van der Waals surface area contributed by atoms with Crippen LogP contribution < -0.4 is 19.7 Å². The van der Waals surface area contributed by atoms with Crippen molar-refractivity contribution in [2.45, 2.75) is 50.2 Å². The number of halogens is 3. The van der Waals surface area contributed by atoms with E-state index in [1.165, 1.54) is 26.6 Å². The van der Waals surface area contributed by atoms with Gasteiger partial charge in [0.25, 0.3) is 5.88 Å². The smallest absolute Gasteiger partial charge is 0.393 e. The van der Waals surface area contributed by atoms with E-state index >= 15 is 0 Å². The molecule has 1 aliphatic carbocycles. The maximum absolute atomic E-state index is 12.9. The number of aromatic nitrogens is 4. The molecule has 0 amide bonds. The molecule has 0 saturated heterocycles. The molecule has 0 radical (unpaired) electrons. The predicted octanol–water partition coefficient (Wildman–Crippen LogP) is 4.39. The number of ether oxygens (including phenoxy) is 2. The van der Waals surface area contributed by atoms with Crippen LogP contribution in [0.1, 0.15) is 23.3 Å². The van der Waals surface area contributed by atoms with E-state index in [2.05, 4.69) is 25.3 Å². The summed E-state index contributed by atoms with van der Waals surface area (Å²) >= 11 is 1.02. The van der Waals surface area contributed by atoms with Crippen LogP contribution in [0.2, 0.25) is 0 Å². The average Bonchev–Trinajstić information content (AvgIpc) is 3.52. The van der Waals surface area contributed by atoms with E-state index in [0.29, 0.717) is 52.9 Å². The molecule has 0 spiro atoms. The van der Waals surface area contributed by atoms with Gasteiger partial charge in [-0.15, -0.1) is 11.3 Å². The normalized spacial score (nSPS) is 19.2. The molecule has 3 unspecified atom stereocenters. The fourth-order valence-electron chi connectivity index (χ4n) is 5.01. The molecule has 1 fully saturated rings. The van der Waals surface area contributed by atoms with Crippen molar-refractivity contribution >= 4 is 27.4 Å². The van der Waals surface area contributed by atoms with Gasteiger partial charge in [-0.1, -0.05) is 24.3 Å². The van der Waals surface area contributed by atoms with E-state index < -0.39 is 18.7 Å². The Morgan fingerprint density at radius 2 is 1.88 bits per heavy atom. The molecule has 0 bridgehead atoms. The predicted molar refractivity (Wildman–Crippen MR) is 146 cm³/mol. The van der Waals surface area contributed by atoms with Crippen LogP contribution in [0.3, 0.4) is 0 Å². The highest BCUT2D eigenvalue weighted by atomic mass is 32.1. The molecule has 0 aliphatic heterocycles. The van der Waals surface area contributed by atoms with Gasteiger partial charge in [0.1, 0.15) is 17.0 Å². The number of benzene rings is 1. The molecule has 3 heterocycles. The Bertz CT molecular complexity index is 1470. The summed E-state index contributed by atoms with van der Waals surface area (Å²) in [5.41, 5.74) is 1.90. The summed E-state index contributed by atoms with van der Waals surface area (Å²) in [6, 6.07) is 9.17. The topological polar surface area (TPSA) is 106 Å². The fraction of sp³-hybridized carbons (Fsp3) is 0.407.